The summed E-state index contributed by atoms with van der Waals surface area (Å²) >= 11 is 0. The SMILES string of the molecule is Cc1ccc(-c2c(F)cc3c(=O)c(C(=O)O)cn(-c4ccc(F)cc4F)c3c2C)cc1. The van der Waals surface area contributed by atoms with Crippen molar-refractivity contribution in [2.45, 2.75) is 13.8 Å². The van der Waals surface area contributed by atoms with Gasteiger partial charge >= 0.3 is 5.97 Å². The summed E-state index contributed by atoms with van der Waals surface area (Å²) in [6.45, 7) is 3.45. The van der Waals surface area contributed by atoms with Crippen LogP contribution in [0, 0.1) is 31.3 Å². The quantitative estimate of drug-likeness (QED) is 0.481. The van der Waals surface area contributed by atoms with Crippen molar-refractivity contribution >= 4 is 16.9 Å². The fourth-order valence-corrected chi connectivity index (χ4v) is 3.74. The number of pyridine rings is 1. The Morgan fingerprint density at radius 1 is 0.935 bits per heavy atom. The Morgan fingerprint density at radius 3 is 2.23 bits per heavy atom. The van der Waals surface area contributed by atoms with E-state index in [2.05, 4.69) is 0 Å². The zero-order valence-corrected chi connectivity index (χ0v) is 16.5. The maximum atomic E-state index is 15.1. The lowest BCUT2D eigenvalue weighted by Gasteiger charge is -2.18. The van der Waals surface area contributed by atoms with Gasteiger partial charge < -0.3 is 9.67 Å². The van der Waals surface area contributed by atoms with Gasteiger partial charge in [0.1, 0.15) is 23.0 Å². The summed E-state index contributed by atoms with van der Waals surface area (Å²) < 4.78 is 44.4. The Labute approximate surface area is 174 Å². The Kier molecular flexibility index (Phi) is 4.89. The standard InChI is InChI=1S/C24H16F3NO3/c1-12-3-5-14(6-4-12)21-13(2)22-16(10-19(21)27)23(29)17(24(30)31)11-28(22)20-8-7-15(25)9-18(20)26/h3-11H,1-2H3,(H,30,31). The molecule has 0 aliphatic carbocycles. The van der Waals surface area contributed by atoms with Gasteiger partial charge in [-0.15, -0.1) is 0 Å². The number of hydrogen-bond donors (Lipinski definition) is 1. The third kappa shape index (κ3) is 3.38. The predicted octanol–water partition coefficient (Wildman–Crippen LogP) is 5.39. The van der Waals surface area contributed by atoms with Crippen molar-refractivity contribution in [2.24, 2.45) is 0 Å². The van der Waals surface area contributed by atoms with Crippen molar-refractivity contribution in [3.05, 3.63) is 99.1 Å². The number of carboxylic acids is 1. The van der Waals surface area contributed by atoms with E-state index in [1.165, 1.54) is 0 Å². The minimum absolute atomic E-state index is 0.137. The van der Waals surface area contributed by atoms with Crippen LogP contribution in [0.15, 0.2) is 59.5 Å². The Bertz CT molecular complexity index is 1420. The predicted molar refractivity (Wildman–Crippen MR) is 111 cm³/mol. The number of aromatic nitrogens is 1. The van der Waals surface area contributed by atoms with Crippen LogP contribution in [0.2, 0.25) is 0 Å². The van der Waals surface area contributed by atoms with Gasteiger partial charge in [-0.25, -0.2) is 18.0 Å². The first-order chi connectivity index (χ1) is 14.7. The second kappa shape index (κ2) is 7.43. The molecule has 4 aromatic rings. The van der Waals surface area contributed by atoms with E-state index < -0.39 is 34.4 Å². The van der Waals surface area contributed by atoms with Crippen molar-refractivity contribution in [1.29, 1.82) is 0 Å². The fraction of sp³-hybridized carbons (Fsp3) is 0.0833. The molecule has 0 atom stereocenters. The zero-order valence-electron chi connectivity index (χ0n) is 16.5. The van der Waals surface area contributed by atoms with Crippen molar-refractivity contribution in [3.8, 4) is 16.8 Å². The average molecular weight is 423 g/mol. The van der Waals surface area contributed by atoms with E-state index in [0.717, 1.165) is 34.5 Å². The highest BCUT2D eigenvalue weighted by Crippen LogP contribution is 2.33. The van der Waals surface area contributed by atoms with Crippen LogP contribution in [-0.4, -0.2) is 15.6 Å². The first-order valence-corrected chi connectivity index (χ1v) is 9.33. The molecule has 31 heavy (non-hydrogen) atoms. The topological polar surface area (TPSA) is 59.3 Å². The molecule has 0 saturated heterocycles. The number of nitrogens with zero attached hydrogens (tertiary/aromatic N) is 1. The molecule has 0 unspecified atom stereocenters. The highest BCUT2D eigenvalue weighted by molar-refractivity contribution is 5.96. The van der Waals surface area contributed by atoms with Crippen LogP contribution in [0.5, 0.6) is 0 Å². The second-order valence-electron chi connectivity index (χ2n) is 7.26. The Hall–Kier alpha value is -3.87. The van der Waals surface area contributed by atoms with Crippen LogP contribution >= 0.6 is 0 Å². The molecule has 4 nitrogen and oxygen atoms in total. The third-order valence-corrected chi connectivity index (χ3v) is 5.22. The van der Waals surface area contributed by atoms with E-state index in [9.17, 15) is 23.5 Å². The molecule has 3 aromatic carbocycles. The smallest absolute Gasteiger partial charge is 0.341 e. The van der Waals surface area contributed by atoms with Crippen LogP contribution in [-0.2, 0) is 0 Å². The van der Waals surface area contributed by atoms with Crippen LogP contribution < -0.4 is 5.43 Å². The lowest BCUT2D eigenvalue weighted by Crippen LogP contribution is -2.20. The summed E-state index contributed by atoms with van der Waals surface area (Å²) in [6.07, 6.45) is 0.979. The van der Waals surface area contributed by atoms with E-state index in [4.69, 9.17) is 0 Å². The molecule has 0 aliphatic heterocycles. The van der Waals surface area contributed by atoms with Crippen molar-refractivity contribution < 1.29 is 23.1 Å². The summed E-state index contributed by atoms with van der Waals surface area (Å²) in [5.41, 5.74) is 0.457. The number of hydrogen-bond acceptors (Lipinski definition) is 2. The van der Waals surface area contributed by atoms with Crippen LogP contribution in [0.1, 0.15) is 21.5 Å². The van der Waals surface area contributed by atoms with Gasteiger partial charge in [0, 0.05) is 17.8 Å². The summed E-state index contributed by atoms with van der Waals surface area (Å²) in [6, 6.07) is 10.8. The minimum atomic E-state index is -1.54. The van der Waals surface area contributed by atoms with Gasteiger partial charge in [-0.05, 0) is 43.2 Å². The molecule has 1 aromatic heterocycles. The summed E-state index contributed by atoms with van der Waals surface area (Å²) in [4.78, 5) is 24.4. The highest BCUT2D eigenvalue weighted by atomic mass is 19.1. The zero-order chi connectivity index (χ0) is 22.4. The van der Waals surface area contributed by atoms with Crippen molar-refractivity contribution in [2.75, 3.05) is 0 Å². The van der Waals surface area contributed by atoms with Gasteiger partial charge in [-0.2, -0.15) is 0 Å². The van der Waals surface area contributed by atoms with E-state index in [1.807, 2.05) is 6.92 Å². The molecular formula is C24H16F3NO3. The minimum Gasteiger partial charge on any atom is -0.477 e. The molecule has 0 bridgehead atoms. The maximum absolute atomic E-state index is 15.1. The van der Waals surface area contributed by atoms with Gasteiger partial charge in [0.25, 0.3) is 0 Å². The molecule has 7 heteroatoms. The molecular weight excluding hydrogens is 407 g/mol. The highest BCUT2D eigenvalue weighted by Gasteiger charge is 2.22. The van der Waals surface area contributed by atoms with Crippen LogP contribution in [0.3, 0.4) is 0 Å². The number of carboxylic acid groups (broad SMARTS) is 1. The van der Waals surface area contributed by atoms with E-state index in [1.54, 1.807) is 31.2 Å². The van der Waals surface area contributed by atoms with E-state index in [0.29, 0.717) is 17.2 Å². The van der Waals surface area contributed by atoms with E-state index >= 15 is 4.39 Å². The summed E-state index contributed by atoms with van der Waals surface area (Å²) in [5.74, 6) is -4.02. The van der Waals surface area contributed by atoms with Gasteiger partial charge in [0.15, 0.2) is 0 Å². The molecule has 0 radical (unpaired) electrons. The molecule has 1 heterocycles. The number of carbonyl (C=O) groups is 1. The summed E-state index contributed by atoms with van der Waals surface area (Å²) in [5, 5.41) is 9.23. The van der Waals surface area contributed by atoms with Crippen molar-refractivity contribution in [1.82, 2.24) is 4.57 Å². The van der Waals surface area contributed by atoms with E-state index in [-0.39, 0.29) is 22.2 Å². The monoisotopic (exact) mass is 423 g/mol. The van der Waals surface area contributed by atoms with Gasteiger partial charge in [-0.1, -0.05) is 29.8 Å². The maximum Gasteiger partial charge on any atom is 0.341 e. The number of aromatic carboxylic acids is 1. The van der Waals surface area contributed by atoms with Crippen LogP contribution in [0.4, 0.5) is 13.2 Å². The molecule has 0 spiro atoms. The lowest BCUT2D eigenvalue weighted by molar-refractivity contribution is 0.0695. The number of fused-ring (bicyclic) bond motifs is 1. The first kappa shape index (κ1) is 20.4. The molecule has 0 fully saturated rings. The normalized spacial score (nSPS) is 11.1. The molecule has 4 rings (SSSR count). The third-order valence-electron chi connectivity index (χ3n) is 5.22. The number of halogens is 3. The molecule has 156 valence electrons. The van der Waals surface area contributed by atoms with Crippen molar-refractivity contribution in [3.63, 3.8) is 0 Å². The molecule has 0 saturated carbocycles. The second-order valence-corrected chi connectivity index (χ2v) is 7.26. The number of benzene rings is 3. The number of aryl methyl sites for hydroxylation is 2. The molecule has 0 amide bonds. The fourth-order valence-electron chi connectivity index (χ4n) is 3.74. The van der Waals surface area contributed by atoms with Gasteiger partial charge in [0.2, 0.25) is 5.43 Å². The average Bonchev–Trinajstić information content (AvgIpc) is 2.70. The lowest BCUT2D eigenvalue weighted by atomic mass is 9.95. The Morgan fingerprint density at radius 2 is 1.61 bits per heavy atom. The van der Waals surface area contributed by atoms with Gasteiger partial charge in [0.05, 0.1) is 16.6 Å². The summed E-state index contributed by atoms with van der Waals surface area (Å²) in [7, 11) is 0. The Balaban J connectivity index is 2.18. The van der Waals surface area contributed by atoms with Crippen LogP contribution in [0.25, 0.3) is 27.7 Å². The largest absolute Gasteiger partial charge is 0.477 e. The molecule has 0 aliphatic rings. The number of rotatable bonds is 3. The first-order valence-electron chi connectivity index (χ1n) is 9.33. The molecule has 1 N–H and O–H groups in total. The van der Waals surface area contributed by atoms with Gasteiger partial charge in [-0.3, -0.25) is 4.79 Å².